The highest BCUT2D eigenvalue weighted by atomic mass is 35.5. The molecule has 0 saturated carbocycles. The second kappa shape index (κ2) is 4.93. The molecule has 0 radical (unpaired) electrons. The van der Waals surface area contributed by atoms with Gasteiger partial charge < -0.3 is 15.5 Å². The van der Waals surface area contributed by atoms with Gasteiger partial charge in [0, 0.05) is 35.9 Å². The van der Waals surface area contributed by atoms with Crippen LogP contribution >= 0.6 is 11.6 Å². The van der Waals surface area contributed by atoms with Crippen molar-refractivity contribution in [2.24, 2.45) is 11.8 Å². The number of nitrogens with zero attached hydrogens (tertiary/aromatic N) is 1. The summed E-state index contributed by atoms with van der Waals surface area (Å²) in [7, 11) is 0. The van der Waals surface area contributed by atoms with E-state index in [-0.39, 0.29) is 11.6 Å². The SMILES string of the molecule is CC1(C)C2CNCC2CN1C(=O)Nc1cccc(Cl)c1. The topological polar surface area (TPSA) is 44.4 Å². The van der Waals surface area contributed by atoms with Crippen LogP contribution in [-0.4, -0.2) is 36.1 Å². The van der Waals surface area contributed by atoms with Crippen molar-refractivity contribution in [1.82, 2.24) is 10.2 Å². The molecule has 2 aliphatic heterocycles. The van der Waals surface area contributed by atoms with E-state index in [1.54, 1.807) is 12.1 Å². The Morgan fingerprint density at radius 3 is 2.95 bits per heavy atom. The van der Waals surface area contributed by atoms with Gasteiger partial charge >= 0.3 is 6.03 Å². The molecule has 2 amide bonds. The van der Waals surface area contributed by atoms with Crippen molar-refractivity contribution in [2.75, 3.05) is 25.0 Å². The van der Waals surface area contributed by atoms with Crippen LogP contribution in [0.4, 0.5) is 10.5 Å². The number of halogens is 1. The molecule has 108 valence electrons. The van der Waals surface area contributed by atoms with Crippen LogP contribution in [0.5, 0.6) is 0 Å². The van der Waals surface area contributed by atoms with Crippen molar-refractivity contribution in [3.63, 3.8) is 0 Å². The number of hydrogen-bond acceptors (Lipinski definition) is 2. The predicted molar refractivity (Wildman–Crippen MR) is 81.1 cm³/mol. The molecule has 2 fully saturated rings. The quantitative estimate of drug-likeness (QED) is 0.836. The van der Waals surface area contributed by atoms with Gasteiger partial charge in [0.15, 0.2) is 0 Å². The second-order valence-corrected chi connectivity index (χ2v) is 6.67. The van der Waals surface area contributed by atoms with Crippen molar-refractivity contribution in [3.05, 3.63) is 29.3 Å². The van der Waals surface area contributed by atoms with E-state index < -0.39 is 0 Å². The summed E-state index contributed by atoms with van der Waals surface area (Å²) in [5.74, 6) is 1.10. The lowest BCUT2D eigenvalue weighted by Gasteiger charge is -2.35. The van der Waals surface area contributed by atoms with Crippen LogP contribution in [0, 0.1) is 11.8 Å². The number of nitrogens with one attached hydrogen (secondary N) is 2. The van der Waals surface area contributed by atoms with Crippen LogP contribution < -0.4 is 10.6 Å². The van der Waals surface area contributed by atoms with Gasteiger partial charge in [0.25, 0.3) is 0 Å². The summed E-state index contributed by atoms with van der Waals surface area (Å²) in [4.78, 5) is 14.5. The van der Waals surface area contributed by atoms with Crippen molar-refractivity contribution >= 4 is 23.3 Å². The van der Waals surface area contributed by atoms with Crippen LogP contribution in [0.3, 0.4) is 0 Å². The van der Waals surface area contributed by atoms with Gasteiger partial charge in [-0.1, -0.05) is 17.7 Å². The number of urea groups is 1. The Morgan fingerprint density at radius 1 is 1.45 bits per heavy atom. The first-order valence-electron chi connectivity index (χ1n) is 7.03. The molecular formula is C15H20ClN3O. The summed E-state index contributed by atoms with van der Waals surface area (Å²) < 4.78 is 0. The fourth-order valence-corrected chi connectivity index (χ4v) is 3.71. The monoisotopic (exact) mass is 293 g/mol. The van der Waals surface area contributed by atoms with Crippen LogP contribution in [0.1, 0.15) is 13.8 Å². The minimum atomic E-state index is -0.114. The number of benzene rings is 1. The number of likely N-dealkylation sites (tertiary alicyclic amines) is 1. The van der Waals surface area contributed by atoms with Gasteiger partial charge in [0.05, 0.1) is 0 Å². The molecule has 20 heavy (non-hydrogen) atoms. The fraction of sp³-hybridized carbons (Fsp3) is 0.533. The second-order valence-electron chi connectivity index (χ2n) is 6.23. The molecule has 2 N–H and O–H groups in total. The van der Waals surface area contributed by atoms with Gasteiger partial charge in [0.2, 0.25) is 0 Å². The number of anilines is 1. The Hall–Kier alpha value is -1.26. The zero-order chi connectivity index (χ0) is 14.3. The Bertz CT molecular complexity index is 532. The maximum Gasteiger partial charge on any atom is 0.322 e. The molecule has 3 rings (SSSR count). The van der Waals surface area contributed by atoms with Gasteiger partial charge in [-0.05, 0) is 43.9 Å². The highest BCUT2D eigenvalue weighted by molar-refractivity contribution is 6.30. The lowest BCUT2D eigenvalue weighted by Crippen LogP contribution is -2.49. The first-order valence-corrected chi connectivity index (χ1v) is 7.41. The summed E-state index contributed by atoms with van der Waals surface area (Å²) in [6, 6.07) is 7.23. The predicted octanol–water partition coefficient (Wildman–Crippen LogP) is 2.80. The number of carbonyl (C=O) groups is 1. The number of hydrogen-bond donors (Lipinski definition) is 2. The van der Waals surface area contributed by atoms with E-state index in [4.69, 9.17) is 11.6 Å². The minimum absolute atomic E-state index is 0.0355. The van der Waals surface area contributed by atoms with Crippen LogP contribution in [0.25, 0.3) is 0 Å². The molecule has 2 saturated heterocycles. The van der Waals surface area contributed by atoms with Crippen molar-refractivity contribution in [2.45, 2.75) is 19.4 Å². The van der Waals surface area contributed by atoms with E-state index in [1.807, 2.05) is 17.0 Å². The first kappa shape index (κ1) is 13.7. The van der Waals surface area contributed by atoms with E-state index in [2.05, 4.69) is 24.5 Å². The standard InChI is InChI=1S/C15H20ClN3O/c1-15(2)13-8-17-7-10(13)9-19(15)14(20)18-12-5-3-4-11(16)6-12/h3-6,10,13,17H,7-9H2,1-2H3,(H,18,20). The third-order valence-corrected chi connectivity index (χ3v) is 4.92. The molecule has 4 nitrogen and oxygen atoms in total. The first-order chi connectivity index (χ1) is 9.48. The molecule has 2 heterocycles. The summed E-state index contributed by atoms with van der Waals surface area (Å²) in [6.07, 6.45) is 0. The number of fused-ring (bicyclic) bond motifs is 1. The van der Waals surface area contributed by atoms with E-state index in [0.717, 1.165) is 25.3 Å². The van der Waals surface area contributed by atoms with Crippen LogP contribution in [-0.2, 0) is 0 Å². The lowest BCUT2D eigenvalue weighted by atomic mass is 9.85. The molecule has 0 aliphatic carbocycles. The Labute approximate surface area is 124 Å². The molecule has 0 spiro atoms. The zero-order valence-corrected chi connectivity index (χ0v) is 12.6. The Morgan fingerprint density at radius 2 is 2.25 bits per heavy atom. The van der Waals surface area contributed by atoms with Gasteiger partial charge in [-0.25, -0.2) is 4.79 Å². The average molecular weight is 294 g/mol. The van der Waals surface area contributed by atoms with E-state index >= 15 is 0 Å². The third-order valence-electron chi connectivity index (χ3n) is 4.68. The molecule has 0 aromatic heterocycles. The van der Waals surface area contributed by atoms with Gasteiger partial charge in [0.1, 0.15) is 0 Å². The smallest absolute Gasteiger partial charge is 0.319 e. The maximum atomic E-state index is 12.5. The van der Waals surface area contributed by atoms with E-state index in [1.165, 1.54) is 0 Å². The van der Waals surface area contributed by atoms with Gasteiger partial charge in [-0.15, -0.1) is 0 Å². The van der Waals surface area contributed by atoms with Crippen molar-refractivity contribution < 1.29 is 4.79 Å². The zero-order valence-electron chi connectivity index (χ0n) is 11.8. The molecule has 5 heteroatoms. The summed E-state index contributed by atoms with van der Waals surface area (Å²) in [5.41, 5.74) is 0.630. The van der Waals surface area contributed by atoms with Crippen LogP contribution in [0.2, 0.25) is 5.02 Å². The van der Waals surface area contributed by atoms with Gasteiger partial charge in [-0.2, -0.15) is 0 Å². The molecular weight excluding hydrogens is 274 g/mol. The number of carbonyl (C=O) groups excluding carboxylic acids is 1. The highest BCUT2D eigenvalue weighted by Gasteiger charge is 2.51. The van der Waals surface area contributed by atoms with Crippen LogP contribution in [0.15, 0.2) is 24.3 Å². The summed E-state index contributed by atoms with van der Waals surface area (Å²) >= 11 is 5.95. The molecule has 1 aromatic carbocycles. The minimum Gasteiger partial charge on any atom is -0.319 e. The largest absolute Gasteiger partial charge is 0.322 e. The third kappa shape index (κ3) is 2.27. The number of rotatable bonds is 1. The highest BCUT2D eigenvalue weighted by Crippen LogP contribution is 2.40. The molecule has 2 unspecified atom stereocenters. The van der Waals surface area contributed by atoms with Crippen molar-refractivity contribution in [1.29, 1.82) is 0 Å². The Balaban J connectivity index is 1.75. The summed E-state index contributed by atoms with van der Waals surface area (Å²) in [6.45, 7) is 7.13. The molecule has 0 bridgehead atoms. The maximum absolute atomic E-state index is 12.5. The molecule has 1 aromatic rings. The van der Waals surface area contributed by atoms with E-state index in [0.29, 0.717) is 16.9 Å². The summed E-state index contributed by atoms with van der Waals surface area (Å²) in [5, 5.41) is 7.00. The average Bonchev–Trinajstić information content (AvgIpc) is 2.92. The molecule has 2 aliphatic rings. The Kier molecular flexibility index (Phi) is 3.38. The van der Waals surface area contributed by atoms with Crippen molar-refractivity contribution in [3.8, 4) is 0 Å². The fourth-order valence-electron chi connectivity index (χ4n) is 3.52. The normalized spacial score (nSPS) is 27.4. The molecule has 2 atom stereocenters. The lowest BCUT2D eigenvalue weighted by molar-refractivity contribution is 0.157. The number of amides is 2. The van der Waals surface area contributed by atoms with Gasteiger partial charge in [-0.3, -0.25) is 0 Å². The van der Waals surface area contributed by atoms with E-state index in [9.17, 15) is 4.79 Å².